The second kappa shape index (κ2) is 44.6. The van der Waals surface area contributed by atoms with Crippen LogP contribution in [0.3, 0.4) is 0 Å². The summed E-state index contributed by atoms with van der Waals surface area (Å²) in [6.45, 7) is 2.36. The lowest BCUT2D eigenvalue weighted by molar-refractivity contribution is -0.149. The van der Waals surface area contributed by atoms with Crippen molar-refractivity contribution < 1.29 is 62.0 Å². The van der Waals surface area contributed by atoms with E-state index >= 15 is 0 Å². The zero-order valence-corrected chi connectivity index (χ0v) is 43.1. The van der Waals surface area contributed by atoms with E-state index in [-0.39, 0.29) is 146 Å². The van der Waals surface area contributed by atoms with E-state index in [1.54, 1.807) is 0 Å². The summed E-state index contributed by atoms with van der Waals surface area (Å²) >= 11 is 5.38. The van der Waals surface area contributed by atoms with Crippen molar-refractivity contribution in [2.75, 3.05) is 84.9 Å². The minimum Gasteiger partial charge on any atom is -0.461 e. The third-order valence-electron chi connectivity index (χ3n) is 11.0. The van der Waals surface area contributed by atoms with Crippen molar-refractivity contribution >= 4 is 53.1 Å². The predicted octanol–water partition coefficient (Wildman–Crippen LogP) is 5.75. The Hall–Kier alpha value is -5.14. The predicted molar refractivity (Wildman–Crippen MR) is 274 cm³/mol. The molecule has 72 heavy (non-hydrogen) atoms. The zero-order chi connectivity index (χ0) is 52.0. The van der Waals surface area contributed by atoms with E-state index in [0.717, 1.165) is 49.7 Å². The second-order valence-electron chi connectivity index (χ2n) is 17.2. The fourth-order valence-electron chi connectivity index (χ4n) is 7.04. The number of alkyl halides is 1. The Bertz CT molecular complexity index is 1760. The molecule has 404 valence electrons. The highest BCUT2D eigenvalue weighted by Crippen LogP contribution is 2.15. The Morgan fingerprint density at radius 1 is 0.417 bits per heavy atom. The van der Waals surface area contributed by atoms with Crippen LogP contribution in [-0.4, -0.2) is 132 Å². The lowest BCUT2D eigenvalue weighted by Crippen LogP contribution is -2.42. The summed E-state index contributed by atoms with van der Waals surface area (Å²) in [6.07, 6.45) is 16.3. The fourth-order valence-corrected chi connectivity index (χ4v) is 7.14. The molecule has 0 spiro atoms. The molecule has 5 amide bonds. The van der Waals surface area contributed by atoms with Gasteiger partial charge in [0.25, 0.3) is 0 Å². The number of amides is 5. The molecule has 0 heterocycles. The molecular weight excluding hydrogens is 950 g/mol. The molecule has 5 N–H and O–H groups in total. The van der Waals surface area contributed by atoms with Crippen LogP contribution in [0.15, 0.2) is 60.7 Å². The van der Waals surface area contributed by atoms with Crippen molar-refractivity contribution in [3.05, 3.63) is 71.8 Å². The average molecular weight is 1030 g/mol. The van der Waals surface area contributed by atoms with Crippen molar-refractivity contribution in [1.29, 1.82) is 0 Å². The number of esters is 2. The molecule has 2 aromatic carbocycles. The van der Waals surface area contributed by atoms with E-state index in [0.29, 0.717) is 19.4 Å². The molecule has 18 nitrogen and oxygen atoms in total. The minimum atomic E-state index is -0.964. The van der Waals surface area contributed by atoms with Gasteiger partial charge in [-0.2, -0.15) is 0 Å². The van der Waals surface area contributed by atoms with E-state index in [1.807, 2.05) is 60.7 Å². The second-order valence-corrected chi connectivity index (χ2v) is 17.5. The van der Waals surface area contributed by atoms with Gasteiger partial charge in [0.05, 0.1) is 39.6 Å². The number of benzene rings is 2. The van der Waals surface area contributed by atoms with Crippen molar-refractivity contribution in [1.82, 2.24) is 26.6 Å². The SMILES string of the molecule is O=C(CCl)NCCNC(=O)COCCOCCNC(=O)COCCOCCNC(=O)CC[C@H](NC(=O)CCCCCCCCCCCCCCCCC(=O)OCc1ccccc1)C(=O)OCc1ccccc1. The molecule has 0 bridgehead atoms. The smallest absolute Gasteiger partial charge is 0.328 e. The first-order valence-corrected chi connectivity index (χ1v) is 26.3. The van der Waals surface area contributed by atoms with Gasteiger partial charge in [-0.1, -0.05) is 138 Å². The van der Waals surface area contributed by atoms with Crippen LogP contribution in [0.2, 0.25) is 0 Å². The summed E-state index contributed by atoms with van der Waals surface area (Å²) in [6, 6.07) is 18.0. The maximum absolute atomic E-state index is 13.1. The van der Waals surface area contributed by atoms with Crippen molar-refractivity contribution in [2.24, 2.45) is 0 Å². The average Bonchev–Trinajstić information content (AvgIpc) is 3.39. The summed E-state index contributed by atoms with van der Waals surface area (Å²) in [5, 5.41) is 13.3. The van der Waals surface area contributed by atoms with Crippen molar-refractivity contribution in [3.63, 3.8) is 0 Å². The number of hydrogen-bond acceptors (Lipinski definition) is 13. The molecule has 0 saturated carbocycles. The Morgan fingerprint density at radius 3 is 1.33 bits per heavy atom. The van der Waals surface area contributed by atoms with E-state index in [9.17, 15) is 33.6 Å². The van der Waals surface area contributed by atoms with Crippen molar-refractivity contribution in [2.45, 2.75) is 135 Å². The highest BCUT2D eigenvalue weighted by Gasteiger charge is 2.23. The van der Waals surface area contributed by atoms with Crippen LogP contribution in [0.4, 0.5) is 0 Å². The summed E-state index contributed by atoms with van der Waals surface area (Å²) in [7, 11) is 0. The molecule has 0 aliphatic carbocycles. The molecule has 1 atom stereocenters. The quantitative estimate of drug-likeness (QED) is 0.0302. The Labute approximate surface area is 431 Å². The van der Waals surface area contributed by atoms with Crippen LogP contribution in [0.25, 0.3) is 0 Å². The number of carbonyl (C=O) groups excluding carboxylic acids is 7. The summed E-state index contributed by atoms with van der Waals surface area (Å²) < 4.78 is 32.3. The summed E-state index contributed by atoms with van der Waals surface area (Å²) in [5.41, 5.74) is 1.82. The van der Waals surface area contributed by atoms with E-state index in [1.165, 1.54) is 44.9 Å². The standard InChI is InChI=1S/C53H82ClN5O13/c54-39-49(62)55-29-30-56-50(63)42-69-37-36-68-34-32-58-51(64)43-70-38-35-67-33-31-57-47(60)28-27-46(53(66)72-41-45-23-17-14-18-24-45)59-48(61)25-19-11-9-7-5-3-1-2-4-6-8-10-12-20-26-52(65)71-40-44-21-15-13-16-22-44/h13-18,21-24,46H,1-12,19-20,25-43H2,(H,55,62)(H,56,63)(H,57,60)(H,58,64)(H,59,61)/t46-/m0/s1. The van der Waals surface area contributed by atoms with Gasteiger partial charge in [0, 0.05) is 45.4 Å². The largest absolute Gasteiger partial charge is 0.461 e. The van der Waals surface area contributed by atoms with Crippen LogP contribution in [0.5, 0.6) is 0 Å². The molecule has 0 saturated heterocycles. The molecule has 2 aromatic rings. The van der Waals surface area contributed by atoms with Crippen LogP contribution >= 0.6 is 11.6 Å². The molecule has 19 heteroatoms. The van der Waals surface area contributed by atoms with E-state index < -0.39 is 12.0 Å². The van der Waals surface area contributed by atoms with Gasteiger partial charge in [0.15, 0.2) is 0 Å². The Morgan fingerprint density at radius 2 is 0.833 bits per heavy atom. The van der Waals surface area contributed by atoms with E-state index in [2.05, 4.69) is 26.6 Å². The zero-order valence-electron chi connectivity index (χ0n) is 42.4. The monoisotopic (exact) mass is 1030 g/mol. The third kappa shape index (κ3) is 37.6. The van der Waals surface area contributed by atoms with E-state index in [4.69, 9.17) is 40.0 Å². The number of hydrogen-bond donors (Lipinski definition) is 5. The lowest BCUT2D eigenvalue weighted by atomic mass is 10.0. The van der Waals surface area contributed by atoms with Crippen LogP contribution in [0.1, 0.15) is 127 Å². The first kappa shape index (κ1) is 63.0. The Kier molecular flexibility index (Phi) is 39.0. The van der Waals surface area contributed by atoms with Gasteiger partial charge in [-0.25, -0.2) is 4.79 Å². The molecule has 0 aliphatic heterocycles. The number of halogens is 1. The maximum atomic E-state index is 13.1. The highest BCUT2D eigenvalue weighted by atomic mass is 35.5. The molecule has 0 unspecified atom stereocenters. The highest BCUT2D eigenvalue weighted by molar-refractivity contribution is 6.27. The summed E-state index contributed by atoms with van der Waals surface area (Å²) in [5.74, 6) is -2.36. The van der Waals surface area contributed by atoms with Gasteiger partial charge >= 0.3 is 11.9 Å². The molecule has 2 rings (SSSR count). The molecular formula is C53H82ClN5O13. The molecule has 0 radical (unpaired) electrons. The van der Waals surface area contributed by atoms with Crippen LogP contribution in [-0.2, 0) is 75.2 Å². The van der Waals surface area contributed by atoms with Crippen LogP contribution < -0.4 is 26.6 Å². The lowest BCUT2D eigenvalue weighted by Gasteiger charge is -2.18. The topological polar surface area (TPSA) is 235 Å². The number of nitrogens with one attached hydrogen (secondary N) is 5. The molecule has 0 aliphatic rings. The van der Waals surface area contributed by atoms with Gasteiger partial charge in [0.2, 0.25) is 29.5 Å². The number of rotatable bonds is 46. The van der Waals surface area contributed by atoms with Crippen molar-refractivity contribution in [3.8, 4) is 0 Å². The maximum Gasteiger partial charge on any atom is 0.328 e. The molecule has 0 aromatic heterocycles. The number of ether oxygens (including phenoxy) is 6. The van der Waals surface area contributed by atoms with Crippen LogP contribution in [0, 0.1) is 0 Å². The fraction of sp³-hybridized carbons (Fsp3) is 0.642. The third-order valence-corrected chi connectivity index (χ3v) is 11.3. The summed E-state index contributed by atoms with van der Waals surface area (Å²) in [4.78, 5) is 85.3. The normalized spacial score (nSPS) is 11.3. The van der Waals surface area contributed by atoms with Gasteiger partial charge in [-0.05, 0) is 30.4 Å². The Balaban J connectivity index is 1.46. The first-order chi connectivity index (χ1) is 35.2. The first-order valence-electron chi connectivity index (χ1n) is 25.8. The number of carbonyl (C=O) groups is 7. The van der Waals surface area contributed by atoms with Gasteiger partial charge in [-0.3, -0.25) is 28.8 Å². The minimum absolute atomic E-state index is 0.00308. The van der Waals surface area contributed by atoms with Gasteiger partial charge in [-0.15, -0.1) is 11.6 Å². The number of unbranched alkanes of at least 4 members (excludes halogenated alkanes) is 13. The van der Waals surface area contributed by atoms with Gasteiger partial charge < -0.3 is 55.0 Å². The van der Waals surface area contributed by atoms with Gasteiger partial charge in [0.1, 0.15) is 38.3 Å². The molecule has 0 fully saturated rings.